The van der Waals surface area contributed by atoms with Crippen LogP contribution in [0.15, 0.2) is 10.8 Å². The largest absolute Gasteiger partial charge is 0.489 e. The first-order valence-electron chi connectivity index (χ1n) is 4.77. The molecule has 0 radical (unpaired) electrons. The maximum atomic E-state index is 9.75. The van der Waals surface area contributed by atoms with Crippen molar-refractivity contribution in [2.45, 2.75) is 32.3 Å². The Morgan fingerprint density at radius 3 is 2.71 bits per heavy atom. The van der Waals surface area contributed by atoms with Gasteiger partial charge in [-0.05, 0) is 28.2 Å². The van der Waals surface area contributed by atoms with Crippen LogP contribution < -0.4 is 5.46 Å². The molecule has 3 nitrogen and oxygen atoms in total. The molecule has 1 rings (SSSR count). The van der Waals surface area contributed by atoms with Crippen LogP contribution in [0.1, 0.15) is 37.9 Å². The molecule has 0 aliphatic heterocycles. The van der Waals surface area contributed by atoms with E-state index in [1.165, 1.54) is 11.3 Å². The second-order valence-electron chi connectivity index (χ2n) is 3.31. The van der Waals surface area contributed by atoms with Crippen LogP contribution >= 0.6 is 11.3 Å². The summed E-state index contributed by atoms with van der Waals surface area (Å²) in [6, 6.07) is 0. The molecular formula is C9H15BO3S. The van der Waals surface area contributed by atoms with Gasteiger partial charge in [0, 0.05) is 0 Å². The van der Waals surface area contributed by atoms with Gasteiger partial charge in [-0.3, -0.25) is 0 Å². The van der Waals surface area contributed by atoms with Crippen LogP contribution in [0.2, 0.25) is 0 Å². The topological polar surface area (TPSA) is 60.7 Å². The van der Waals surface area contributed by atoms with Crippen molar-refractivity contribution in [3.05, 3.63) is 16.3 Å². The van der Waals surface area contributed by atoms with Gasteiger partial charge in [-0.25, -0.2) is 0 Å². The Morgan fingerprint density at radius 1 is 1.43 bits per heavy atom. The van der Waals surface area contributed by atoms with Gasteiger partial charge in [0.2, 0.25) is 0 Å². The van der Waals surface area contributed by atoms with Crippen molar-refractivity contribution in [1.29, 1.82) is 0 Å². The molecule has 3 N–H and O–H groups in total. The number of hydrogen-bond donors (Lipinski definition) is 3. The standard InChI is InChI=1S/C9H15BO3S/c1-2-3-4-9(11)7-5-14-6-8(7)10(12)13/h5-6,9,11-13H,2-4H2,1H3. The van der Waals surface area contributed by atoms with Crippen molar-refractivity contribution in [2.75, 3.05) is 0 Å². The highest BCUT2D eigenvalue weighted by molar-refractivity contribution is 7.09. The minimum absolute atomic E-state index is 0.429. The van der Waals surface area contributed by atoms with Crippen LogP contribution in [-0.4, -0.2) is 22.3 Å². The molecule has 0 aromatic carbocycles. The van der Waals surface area contributed by atoms with Gasteiger partial charge >= 0.3 is 7.12 Å². The van der Waals surface area contributed by atoms with E-state index in [4.69, 9.17) is 10.0 Å². The fraction of sp³-hybridized carbons (Fsp3) is 0.556. The van der Waals surface area contributed by atoms with E-state index in [1.807, 2.05) is 0 Å². The van der Waals surface area contributed by atoms with Crippen LogP contribution in [0.4, 0.5) is 0 Å². The first-order chi connectivity index (χ1) is 6.66. The predicted octanol–water partition coefficient (Wildman–Crippen LogP) is 0.651. The highest BCUT2D eigenvalue weighted by Gasteiger charge is 2.21. The average Bonchev–Trinajstić information content (AvgIpc) is 2.62. The Hall–Kier alpha value is -0.355. The lowest BCUT2D eigenvalue weighted by molar-refractivity contribution is 0.165. The van der Waals surface area contributed by atoms with Gasteiger partial charge in [-0.1, -0.05) is 19.8 Å². The average molecular weight is 214 g/mol. The molecular weight excluding hydrogens is 199 g/mol. The number of hydrogen-bond acceptors (Lipinski definition) is 4. The lowest BCUT2D eigenvalue weighted by atomic mass is 9.78. The van der Waals surface area contributed by atoms with Gasteiger partial charge in [0.15, 0.2) is 0 Å². The maximum Gasteiger partial charge on any atom is 0.489 e. The van der Waals surface area contributed by atoms with E-state index in [0.717, 1.165) is 12.8 Å². The molecule has 14 heavy (non-hydrogen) atoms. The molecule has 1 aromatic rings. The Kier molecular flexibility index (Phi) is 4.61. The van der Waals surface area contributed by atoms with Crippen LogP contribution in [0.25, 0.3) is 0 Å². The van der Waals surface area contributed by atoms with Crippen LogP contribution in [0.5, 0.6) is 0 Å². The zero-order chi connectivity index (χ0) is 10.6. The molecule has 0 saturated heterocycles. The smallest absolute Gasteiger partial charge is 0.423 e. The summed E-state index contributed by atoms with van der Waals surface area (Å²) in [5, 5.41) is 31.2. The molecule has 1 unspecified atom stereocenters. The predicted molar refractivity (Wildman–Crippen MR) is 58.6 cm³/mol. The molecule has 78 valence electrons. The van der Waals surface area contributed by atoms with Crippen LogP contribution in [-0.2, 0) is 0 Å². The van der Waals surface area contributed by atoms with Crippen molar-refractivity contribution in [2.24, 2.45) is 0 Å². The maximum absolute atomic E-state index is 9.75. The van der Waals surface area contributed by atoms with E-state index in [9.17, 15) is 5.11 Å². The van der Waals surface area contributed by atoms with Gasteiger partial charge in [0.25, 0.3) is 0 Å². The third kappa shape index (κ3) is 2.82. The zero-order valence-electron chi connectivity index (χ0n) is 8.18. The second-order valence-corrected chi connectivity index (χ2v) is 4.06. The Balaban J connectivity index is 2.68. The normalized spacial score (nSPS) is 12.9. The lowest BCUT2D eigenvalue weighted by Gasteiger charge is -2.10. The summed E-state index contributed by atoms with van der Waals surface area (Å²) in [4.78, 5) is 0. The quantitative estimate of drug-likeness (QED) is 0.630. The summed E-state index contributed by atoms with van der Waals surface area (Å²) >= 11 is 1.38. The molecule has 5 heteroatoms. The highest BCUT2D eigenvalue weighted by Crippen LogP contribution is 2.20. The lowest BCUT2D eigenvalue weighted by Crippen LogP contribution is -2.32. The van der Waals surface area contributed by atoms with Gasteiger partial charge in [0.05, 0.1) is 6.10 Å². The molecule has 0 saturated carbocycles. The van der Waals surface area contributed by atoms with E-state index in [2.05, 4.69) is 6.92 Å². The van der Waals surface area contributed by atoms with Gasteiger partial charge in [-0.15, -0.1) is 0 Å². The molecule has 1 atom stereocenters. The van der Waals surface area contributed by atoms with E-state index in [0.29, 0.717) is 17.4 Å². The minimum Gasteiger partial charge on any atom is -0.423 e. The molecule has 0 fully saturated rings. The summed E-state index contributed by atoms with van der Waals surface area (Å²) in [6.07, 6.45) is 2.07. The van der Waals surface area contributed by atoms with E-state index >= 15 is 0 Å². The summed E-state index contributed by atoms with van der Waals surface area (Å²) in [7, 11) is -1.48. The van der Waals surface area contributed by atoms with E-state index in [-0.39, 0.29) is 0 Å². The van der Waals surface area contributed by atoms with Crippen molar-refractivity contribution in [3.8, 4) is 0 Å². The highest BCUT2D eigenvalue weighted by atomic mass is 32.1. The fourth-order valence-electron chi connectivity index (χ4n) is 1.35. The first-order valence-corrected chi connectivity index (χ1v) is 5.71. The second kappa shape index (κ2) is 5.51. The van der Waals surface area contributed by atoms with Gasteiger partial charge in [-0.2, -0.15) is 11.3 Å². The third-order valence-corrected chi connectivity index (χ3v) is 2.97. The van der Waals surface area contributed by atoms with Crippen molar-refractivity contribution in [3.63, 3.8) is 0 Å². The summed E-state index contributed by atoms with van der Waals surface area (Å²) < 4.78 is 0. The number of aliphatic hydroxyl groups excluding tert-OH is 1. The zero-order valence-corrected chi connectivity index (χ0v) is 9.00. The molecule has 1 heterocycles. The molecule has 0 amide bonds. The van der Waals surface area contributed by atoms with Crippen molar-refractivity contribution < 1.29 is 15.2 Å². The molecule has 0 aliphatic carbocycles. The summed E-state index contributed by atoms with van der Waals surface area (Å²) in [5.74, 6) is 0. The third-order valence-electron chi connectivity index (χ3n) is 2.19. The minimum atomic E-state index is -1.48. The van der Waals surface area contributed by atoms with Crippen molar-refractivity contribution >= 4 is 23.9 Å². The van der Waals surface area contributed by atoms with Gasteiger partial charge in [0.1, 0.15) is 0 Å². The number of thiophene rings is 1. The Bertz CT molecular complexity index is 275. The number of rotatable bonds is 5. The van der Waals surface area contributed by atoms with E-state index < -0.39 is 13.2 Å². The SMILES string of the molecule is CCCCC(O)c1cscc1B(O)O. The molecule has 1 aromatic heterocycles. The molecule has 0 bridgehead atoms. The summed E-state index contributed by atoms with van der Waals surface area (Å²) in [5.41, 5.74) is 1.08. The molecule has 0 spiro atoms. The first kappa shape index (κ1) is 11.7. The monoisotopic (exact) mass is 214 g/mol. The summed E-state index contributed by atoms with van der Waals surface area (Å²) in [6.45, 7) is 2.06. The number of aliphatic hydroxyl groups is 1. The van der Waals surface area contributed by atoms with Crippen LogP contribution in [0, 0.1) is 0 Å². The Morgan fingerprint density at radius 2 is 2.14 bits per heavy atom. The number of unbranched alkanes of at least 4 members (excludes halogenated alkanes) is 1. The van der Waals surface area contributed by atoms with E-state index in [1.54, 1.807) is 10.8 Å². The fourth-order valence-corrected chi connectivity index (χ4v) is 2.26. The van der Waals surface area contributed by atoms with Crippen molar-refractivity contribution in [1.82, 2.24) is 0 Å². The Labute approximate surface area is 88.2 Å². The molecule has 0 aliphatic rings. The van der Waals surface area contributed by atoms with Crippen LogP contribution in [0.3, 0.4) is 0 Å². The van der Waals surface area contributed by atoms with Gasteiger partial charge < -0.3 is 15.2 Å².